The van der Waals surface area contributed by atoms with Crippen molar-refractivity contribution in [3.05, 3.63) is 58.3 Å². The van der Waals surface area contributed by atoms with Gasteiger partial charge in [0.1, 0.15) is 0 Å². The van der Waals surface area contributed by atoms with E-state index >= 15 is 0 Å². The van der Waals surface area contributed by atoms with Crippen LogP contribution in [0.25, 0.3) is 10.8 Å². The standard InChI is InChI=1S/C17H19N3S/c1-3-19-16(8-17-20-12(2)11-21-17)15-10-18-9-13-6-4-5-7-14(13)15/h4-7,9-11,16,19H,3,8H2,1-2H3. The van der Waals surface area contributed by atoms with E-state index in [9.17, 15) is 0 Å². The van der Waals surface area contributed by atoms with Crippen molar-refractivity contribution in [1.82, 2.24) is 15.3 Å². The number of aromatic nitrogens is 2. The molecule has 3 aromatic rings. The summed E-state index contributed by atoms with van der Waals surface area (Å²) < 4.78 is 0. The minimum absolute atomic E-state index is 0.249. The SMILES string of the molecule is CCNC(Cc1nc(C)cs1)c1cncc2ccccc12. The molecule has 0 aliphatic rings. The van der Waals surface area contributed by atoms with Crippen LogP contribution in [0, 0.1) is 6.92 Å². The van der Waals surface area contributed by atoms with Crippen molar-refractivity contribution in [3.8, 4) is 0 Å². The lowest BCUT2D eigenvalue weighted by Gasteiger charge is -2.18. The van der Waals surface area contributed by atoms with Gasteiger partial charge in [0.15, 0.2) is 0 Å². The van der Waals surface area contributed by atoms with Gasteiger partial charge in [-0.1, -0.05) is 31.2 Å². The second kappa shape index (κ2) is 6.33. The Morgan fingerprint density at radius 3 is 2.86 bits per heavy atom. The summed E-state index contributed by atoms with van der Waals surface area (Å²) in [5.74, 6) is 0. The molecule has 0 aliphatic heterocycles. The van der Waals surface area contributed by atoms with E-state index in [-0.39, 0.29) is 6.04 Å². The lowest BCUT2D eigenvalue weighted by atomic mass is 9.99. The van der Waals surface area contributed by atoms with Crippen molar-refractivity contribution in [3.63, 3.8) is 0 Å². The average Bonchev–Trinajstić information content (AvgIpc) is 2.91. The maximum Gasteiger partial charge on any atom is 0.0947 e. The highest BCUT2D eigenvalue weighted by molar-refractivity contribution is 7.09. The zero-order valence-electron chi connectivity index (χ0n) is 12.3. The van der Waals surface area contributed by atoms with Crippen molar-refractivity contribution < 1.29 is 0 Å². The monoisotopic (exact) mass is 297 g/mol. The van der Waals surface area contributed by atoms with Crippen molar-refractivity contribution in [2.45, 2.75) is 26.3 Å². The fourth-order valence-electron chi connectivity index (χ4n) is 2.63. The maximum atomic E-state index is 4.60. The Balaban J connectivity index is 1.98. The van der Waals surface area contributed by atoms with Crippen LogP contribution in [0.1, 0.15) is 29.2 Å². The minimum atomic E-state index is 0.249. The number of nitrogens with zero attached hydrogens (tertiary/aromatic N) is 2. The van der Waals surface area contributed by atoms with E-state index in [0.717, 1.165) is 18.7 Å². The Labute approximate surface area is 129 Å². The number of likely N-dealkylation sites (N-methyl/N-ethyl adjacent to an activating group) is 1. The molecule has 0 bridgehead atoms. The molecule has 2 heterocycles. The summed E-state index contributed by atoms with van der Waals surface area (Å²) in [4.78, 5) is 9.00. The number of rotatable bonds is 5. The van der Waals surface area contributed by atoms with Crippen LogP contribution in [0.4, 0.5) is 0 Å². The van der Waals surface area contributed by atoms with E-state index < -0.39 is 0 Å². The zero-order chi connectivity index (χ0) is 14.7. The molecule has 0 amide bonds. The summed E-state index contributed by atoms with van der Waals surface area (Å²) in [5, 5.41) is 9.32. The second-order valence-electron chi connectivity index (χ2n) is 5.15. The quantitative estimate of drug-likeness (QED) is 0.776. The molecule has 108 valence electrons. The first-order valence-corrected chi connectivity index (χ1v) is 8.13. The van der Waals surface area contributed by atoms with Crippen LogP contribution in [0.3, 0.4) is 0 Å². The third-order valence-corrected chi connectivity index (χ3v) is 4.56. The van der Waals surface area contributed by atoms with Crippen LogP contribution >= 0.6 is 11.3 Å². The molecule has 3 rings (SSSR count). The van der Waals surface area contributed by atoms with Gasteiger partial charge in [0.25, 0.3) is 0 Å². The van der Waals surface area contributed by atoms with Crippen molar-refractivity contribution in [1.29, 1.82) is 0 Å². The van der Waals surface area contributed by atoms with Gasteiger partial charge in [0, 0.05) is 41.3 Å². The van der Waals surface area contributed by atoms with Gasteiger partial charge in [-0.15, -0.1) is 11.3 Å². The molecule has 0 spiro atoms. The fourth-order valence-corrected chi connectivity index (χ4v) is 3.45. The van der Waals surface area contributed by atoms with Gasteiger partial charge >= 0.3 is 0 Å². The van der Waals surface area contributed by atoms with Gasteiger partial charge in [-0.2, -0.15) is 0 Å². The van der Waals surface area contributed by atoms with Crippen LogP contribution < -0.4 is 5.32 Å². The molecule has 21 heavy (non-hydrogen) atoms. The number of nitrogens with one attached hydrogen (secondary N) is 1. The number of pyridine rings is 1. The Bertz CT molecular complexity index is 730. The minimum Gasteiger partial charge on any atom is -0.310 e. The smallest absolute Gasteiger partial charge is 0.0947 e. The van der Waals surface area contributed by atoms with Gasteiger partial charge in [-0.05, 0) is 24.4 Å². The first-order chi connectivity index (χ1) is 10.3. The van der Waals surface area contributed by atoms with Crippen LogP contribution in [0.15, 0.2) is 42.0 Å². The molecule has 4 heteroatoms. The molecule has 2 aromatic heterocycles. The lowest BCUT2D eigenvalue weighted by Crippen LogP contribution is -2.23. The van der Waals surface area contributed by atoms with Crippen molar-refractivity contribution in [2.75, 3.05) is 6.54 Å². The van der Waals surface area contributed by atoms with Crippen LogP contribution in [-0.4, -0.2) is 16.5 Å². The highest BCUT2D eigenvalue weighted by atomic mass is 32.1. The van der Waals surface area contributed by atoms with E-state index in [0.29, 0.717) is 0 Å². The van der Waals surface area contributed by atoms with Gasteiger partial charge in [-0.3, -0.25) is 4.98 Å². The van der Waals surface area contributed by atoms with E-state index in [2.05, 4.69) is 51.9 Å². The molecule has 1 N–H and O–H groups in total. The van der Waals surface area contributed by atoms with Gasteiger partial charge in [0.2, 0.25) is 0 Å². The predicted molar refractivity (Wildman–Crippen MR) is 88.7 cm³/mol. The Morgan fingerprint density at radius 1 is 1.24 bits per heavy atom. The predicted octanol–water partition coefficient (Wildman–Crippen LogP) is 3.89. The van der Waals surface area contributed by atoms with Crippen LogP contribution in [0.2, 0.25) is 0 Å². The summed E-state index contributed by atoms with van der Waals surface area (Å²) in [6.45, 7) is 5.11. The number of aryl methyl sites for hydroxylation is 1. The number of benzene rings is 1. The molecule has 0 radical (unpaired) electrons. The first-order valence-electron chi connectivity index (χ1n) is 7.25. The van der Waals surface area contributed by atoms with Crippen molar-refractivity contribution >= 4 is 22.1 Å². The highest BCUT2D eigenvalue weighted by Crippen LogP contribution is 2.26. The topological polar surface area (TPSA) is 37.8 Å². The van der Waals surface area contributed by atoms with E-state index in [1.165, 1.54) is 21.3 Å². The molecule has 0 aliphatic carbocycles. The Hall–Kier alpha value is -1.78. The molecule has 0 saturated heterocycles. The summed E-state index contributed by atoms with van der Waals surface area (Å²) in [7, 11) is 0. The Morgan fingerprint density at radius 2 is 2.10 bits per heavy atom. The van der Waals surface area contributed by atoms with Crippen molar-refractivity contribution in [2.24, 2.45) is 0 Å². The number of thiazole rings is 1. The molecule has 0 saturated carbocycles. The number of hydrogen-bond acceptors (Lipinski definition) is 4. The molecular formula is C17H19N3S. The molecule has 0 fully saturated rings. The molecule has 1 unspecified atom stereocenters. The maximum absolute atomic E-state index is 4.60. The van der Waals surface area contributed by atoms with Gasteiger partial charge < -0.3 is 5.32 Å². The first kappa shape index (κ1) is 14.2. The summed E-state index contributed by atoms with van der Waals surface area (Å²) in [5.41, 5.74) is 2.35. The lowest BCUT2D eigenvalue weighted by molar-refractivity contribution is 0.550. The second-order valence-corrected chi connectivity index (χ2v) is 6.09. The molecular weight excluding hydrogens is 278 g/mol. The largest absolute Gasteiger partial charge is 0.310 e. The molecule has 1 aromatic carbocycles. The van der Waals surface area contributed by atoms with E-state index in [1.807, 2.05) is 19.3 Å². The van der Waals surface area contributed by atoms with Crippen LogP contribution in [-0.2, 0) is 6.42 Å². The third kappa shape index (κ3) is 3.12. The fraction of sp³-hybridized carbons (Fsp3) is 0.294. The van der Waals surface area contributed by atoms with E-state index in [1.54, 1.807) is 11.3 Å². The zero-order valence-corrected chi connectivity index (χ0v) is 13.2. The number of hydrogen-bond donors (Lipinski definition) is 1. The van der Waals surface area contributed by atoms with Crippen LogP contribution in [0.5, 0.6) is 0 Å². The Kier molecular flexibility index (Phi) is 4.27. The van der Waals surface area contributed by atoms with Gasteiger partial charge in [-0.25, -0.2) is 4.98 Å². The summed E-state index contributed by atoms with van der Waals surface area (Å²) in [6, 6.07) is 8.67. The molecule has 3 nitrogen and oxygen atoms in total. The van der Waals surface area contributed by atoms with Gasteiger partial charge in [0.05, 0.1) is 5.01 Å². The summed E-state index contributed by atoms with van der Waals surface area (Å²) in [6.07, 6.45) is 4.81. The highest BCUT2D eigenvalue weighted by Gasteiger charge is 2.16. The average molecular weight is 297 g/mol. The third-order valence-electron chi connectivity index (χ3n) is 3.57. The summed E-state index contributed by atoms with van der Waals surface area (Å²) >= 11 is 1.73. The number of fused-ring (bicyclic) bond motifs is 1. The molecule has 1 atom stereocenters. The van der Waals surface area contributed by atoms with E-state index in [4.69, 9.17) is 0 Å². The normalized spacial score (nSPS) is 12.7.